The fourth-order valence-electron chi connectivity index (χ4n) is 2.08. The molecule has 0 bridgehead atoms. The number of aryl methyl sites for hydroxylation is 1. The van der Waals surface area contributed by atoms with Crippen LogP contribution in [-0.2, 0) is 18.4 Å². The van der Waals surface area contributed by atoms with E-state index in [0.29, 0.717) is 6.54 Å². The first-order valence-electron chi connectivity index (χ1n) is 5.71. The van der Waals surface area contributed by atoms with Crippen LogP contribution in [0.4, 0.5) is 0 Å². The fraction of sp³-hybridized carbons (Fsp3) is 0.583. The van der Waals surface area contributed by atoms with Crippen molar-refractivity contribution in [3.63, 3.8) is 0 Å². The summed E-state index contributed by atoms with van der Waals surface area (Å²) in [5.41, 5.74) is 0.897. The van der Waals surface area contributed by atoms with Crippen LogP contribution < -0.4 is 10.6 Å². The van der Waals surface area contributed by atoms with E-state index in [0.717, 1.165) is 25.2 Å². The predicted molar refractivity (Wildman–Crippen MR) is 62.9 cm³/mol. The van der Waals surface area contributed by atoms with Crippen molar-refractivity contribution >= 4 is 5.91 Å². The Hall–Kier alpha value is -1.29. The molecule has 0 radical (unpaired) electrons. The van der Waals surface area contributed by atoms with Gasteiger partial charge in [0.05, 0.1) is 12.0 Å². The first kappa shape index (κ1) is 11.2. The Balaban J connectivity index is 1.91. The van der Waals surface area contributed by atoms with Crippen molar-refractivity contribution in [3.8, 4) is 0 Å². The molecule has 1 aromatic rings. The van der Waals surface area contributed by atoms with Gasteiger partial charge < -0.3 is 15.2 Å². The van der Waals surface area contributed by atoms with Crippen LogP contribution in [0.2, 0.25) is 0 Å². The Morgan fingerprint density at radius 2 is 2.50 bits per heavy atom. The molecule has 1 aliphatic rings. The lowest BCUT2D eigenvalue weighted by molar-refractivity contribution is -0.129. The van der Waals surface area contributed by atoms with E-state index in [1.165, 1.54) is 0 Å². The summed E-state index contributed by atoms with van der Waals surface area (Å²) >= 11 is 0. The summed E-state index contributed by atoms with van der Waals surface area (Å²) in [5, 5.41) is 6.24. The molecule has 88 valence electrons. The average molecular weight is 221 g/mol. The monoisotopic (exact) mass is 221 g/mol. The standard InChI is InChI=1S/C12H19N3O/c1-12(5-6-13-9-12)11(16)14-8-10-4-3-7-15(10)2/h3-4,7,13H,5-6,8-9H2,1-2H3,(H,14,16). The molecule has 2 rings (SSSR count). The molecule has 1 amide bonds. The largest absolute Gasteiger partial charge is 0.353 e. The van der Waals surface area contributed by atoms with Crippen molar-refractivity contribution in [2.45, 2.75) is 19.9 Å². The van der Waals surface area contributed by atoms with Gasteiger partial charge in [-0.15, -0.1) is 0 Å². The number of carbonyl (C=O) groups is 1. The number of amides is 1. The SMILES string of the molecule is Cn1cccc1CNC(=O)C1(C)CCNC1. The van der Waals surface area contributed by atoms with Crippen LogP contribution >= 0.6 is 0 Å². The lowest BCUT2D eigenvalue weighted by Gasteiger charge is -2.21. The third kappa shape index (κ3) is 2.11. The van der Waals surface area contributed by atoms with Crippen molar-refractivity contribution in [2.75, 3.05) is 13.1 Å². The first-order valence-corrected chi connectivity index (χ1v) is 5.71. The minimum atomic E-state index is -0.231. The highest BCUT2D eigenvalue weighted by atomic mass is 16.2. The Bertz CT molecular complexity index is 377. The lowest BCUT2D eigenvalue weighted by atomic mass is 9.89. The topological polar surface area (TPSA) is 46.1 Å². The van der Waals surface area contributed by atoms with Gasteiger partial charge in [-0.3, -0.25) is 4.79 Å². The van der Waals surface area contributed by atoms with E-state index in [-0.39, 0.29) is 11.3 Å². The van der Waals surface area contributed by atoms with Crippen LogP contribution in [0.25, 0.3) is 0 Å². The van der Waals surface area contributed by atoms with E-state index in [1.807, 2.05) is 36.9 Å². The predicted octanol–water partition coefficient (Wildman–Crippen LogP) is 0.641. The highest BCUT2D eigenvalue weighted by Gasteiger charge is 2.35. The van der Waals surface area contributed by atoms with Crippen LogP contribution in [0.15, 0.2) is 18.3 Å². The minimum absolute atomic E-state index is 0.152. The number of carbonyl (C=O) groups excluding carboxylic acids is 1. The Labute approximate surface area is 96.0 Å². The zero-order valence-corrected chi connectivity index (χ0v) is 9.92. The smallest absolute Gasteiger partial charge is 0.227 e. The van der Waals surface area contributed by atoms with Gasteiger partial charge in [0, 0.05) is 25.5 Å². The molecular weight excluding hydrogens is 202 g/mol. The maximum absolute atomic E-state index is 12.0. The zero-order valence-electron chi connectivity index (χ0n) is 9.92. The van der Waals surface area contributed by atoms with Gasteiger partial charge in [-0.25, -0.2) is 0 Å². The maximum atomic E-state index is 12.0. The molecule has 0 aliphatic carbocycles. The van der Waals surface area contributed by atoms with E-state index >= 15 is 0 Å². The van der Waals surface area contributed by atoms with E-state index < -0.39 is 0 Å². The molecule has 4 nitrogen and oxygen atoms in total. The summed E-state index contributed by atoms with van der Waals surface area (Å²) in [4.78, 5) is 12.0. The number of aromatic nitrogens is 1. The van der Waals surface area contributed by atoms with Crippen molar-refractivity contribution in [1.29, 1.82) is 0 Å². The van der Waals surface area contributed by atoms with Gasteiger partial charge in [0.1, 0.15) is 0 Å². The zero-order chi connectivity index (χ0) is 11.6. The van der Waals surface area contributed by atoms with Crippen LogP contribution in [-0.4, -0.2) is 23.6 Å². The molecule has 0 aromatic carbocycles. The van der Waals surface area contributed by atoms with E-state index in [9.17, 15) is 4.79 Å². The average Bonchev–Trinajstić information content (AvgIpc) is 2.85. The van der Waals surface area contributed by atoms with Gasteiger partial charge >= 0.3 is 0 Å². The molecular formula is C12H19N3O. The molecule has 1 unspecified atom stereocenters. The summed E-state index contributed by atoms with van der Waals surface area (Å²) in [5.74, 6) is 0.152. The highest BCUT2D eigenvalue weighted by molar-refractivity contribution is 5.82. The summed E-state index contributed by atoms with van der Waals surface area (Å²) in [7, 11) is 1.99. The van der Waals surface area contributed by atoms with Crippen molar-refractivity contribution < 1.29 is 4.79 Å². The number of hydrogen-bond acceptors (Lipinski definition) is 2. The minimum Gasteiger partial charge on any atom is -0.353 e. The van der Waals surface area contributed by atoms with Gasteiger partial charge in [-0.05, 0) is 32.0 Å². The van der Waals surface area contributed by atoms with Crippen molar-refractivity contribution in [2.24, 2.45) is 12.5 Å². The third-order valence-corrected chi connectivity index (χ3v) is 3.40. The van der Waals surface area contributed by atoms with E-state index in [1.54, 1.807) is 0 Å². The molecule has 0 spiro atoms. The van der Waals surface area contributed by atoms with Crippen LogP contribution in [0.5, 0.6) is 0 Å². The van der Waals surface area contributed by atoms with Gasteiger partial charge in [0.2, 0.25) is 5.91 Å². The second-order valence-corrected chi connectivity index (χ2v) is 4.78. The van der Waals surface area contributed by atoms with Crippen LogP contribution in [0.1, 0.15) is 19.0 Å². The number of nitrogens with zero attached hydrogens (tertiary/aromatic N) is 1. The normalized spacial score (nSPS) is 24.6. The molecule has 2 heterocycles. The molecule has 1 aliphatic heterocycles. The molecule has 2 N–H and O–H groups in total. The molecule has 1 aromatic heterocycles. The van der Waals surface area contributed by atoms with E-state index in [2.05, 4.69) is 10.6 Å². The molecule has 16 heavy (non-hydrogen) atoms. The lowest BCUT2D eigenvalue weighted by Crippen LogP contribution is -2.40. The summed E-state index contributed by atoms with van der Waals surface area (Å²) in [6.45, 7) is 4.35. The Kier molecular flexibility index (Phi) is 3.01. The maximum Gasteiger partial charge on any atom is 0.227 e. The Morgan fingerprint density at radius 1 is 1.69 bits per heavy atom. The van der Waals surface area contributed by atoms with E-state index in [4.69, 9.17) is 0 Å². The van der Waals surface area contributed by atoms with Crippen molar-refractivity contribution in [3.05, 3.63) is 24.0 Å². The number of hydrogen-bond donors (Lipinski definition) is 2. The molecule has 4 heteroatoms. The third-order valence-electron chi connectivity index (χ3n) is 3.40. The molecule has 1 atom stereocenters. The molecule has 0 saturated carbocycles. The molecule has 1 fully saturated rings. The second kappa shape index (κ2) is 4.29. The Morgan fingerprint density at radius 3 is 3.06 bits per heavy atom. The number of nitrogens with one attached hydrogen (secondary N) is 2. The summed E-state index contributed by atoms with van der Waals surface area (Å²) in [6.07, 6.45) is 2.91. The summed E-state index contributed by atoms with van der Waals surface area (Å²) < 4.78 is 2.02. The molecule has 1 saturated heterocycles. The summed E-state index contributed by atoms with van der Waals surface area (Å²) in [6, 6.07) is 4.01. The van der Waals surface area contributed by atoms with Gasteiger partial charge in [0.25, 0.3) is 0 Å². The van der Waals surface area contributed by atoms with Crippen LogP contribution in [0.3, 0.4) is 0 Å². The number of rotatable bonds is 3. The quantitative estimate of drug-likeness (QED) is 0.787. The van der Waals surface area contributed by atoms with Gasteiger partial charge in [-0.2, -0.15) is 0 Å². The highest BCUT2D eigenvalue weighted by Crippen LogP contribution is 2.24. The van der Waals surface area contributed by atoms with Crippen molar-refractivity contribution in [1.82, 2.24) is 15.2 Å². The fourth-order valence-corrected chi connectivity index (χ4v) is 2.08. The van der Waals surface area contributed by atoms with Gasteiger partial charge in [0.15, 0.2) is 0 Å². The van der Waals surface area contributed by atoms with Gasteiger partial charge in [-0.1, -0.05) is 0 Å². The first-order chi connectivity index (χ1) is 7.62. The van der Waals surface area contributed by atoms with Crippen LogP contribution in [0, 0.1) is 5.41 Å². The second-order valence-electron chi connectivity index (χ2n) is 4.78.